The maximum absolute atomic E-state index is 5.73. The Labute approximate surface area is 154 Å². The molecule has 0 aliphatic carbocycles. The van der Waals surface area contributed by atoms with Crippen LogP contribution < -0.4 is 0 Å². The Kier molecular flexibility index (Phi) is 19.5. The van der Waals surface area contributed by atoms with Crippen LogP contribution >= 0.6 is 0 Å². The number of nitrogens with zero attached hydrogens (tertiary/aromatic N) is 1. The molecule has 0 aliphatic heterocycles. The third-order valence-electron chi connectivity index (χ3n) is 4.58. The normalized spacial score (nSPS) is 11.8. The topological polar surface area (TPSA) is 21.7 Å². The van der Waals surface area contributed by atoms with Crippen LogP contribution in [0.1, 0.15) is 91.4 Å². The average Bonchev–Trinajstić information content (AvgIpc) is 2.57. The van der Waals surface area contributed by atoms with Crippen molar-refractivity contribution in [3.8, 4) is 0 Å². The van der Waals surface area contributed by atoms with Crippen LogP contribution in [0.2, 0.25) is 6.04 Å². The molecule has 4 heteroatoms. The minimum atomic E-state index is -1.38. The van der Waals surface area contributed by atoms with Gasteiger partial charge < -0.3 is 13.8 Å². The summed E-state index contributed by atoms with van der Waals surface area (Å²) in [6, 6.07) is 1.14. The fourth-order valence-corrected chi connectivity index (χ4v) is 4.78. The molecule has 0 bridgehead atoms. The molecule has 0 amide bonds. The van der Waals surface area contributed by atoms with Crippen molar-refractivity contribution in [2.45, 2.75) is 97.4 Å². The van der Waals surface area contributed by atoms with E-state index in [0.29, 0.717) is 0 Å². The van der Waals surface area contributed by atoms with Crippen molar-refractivity contribution in [2.75, 3.05) is 33.4 Å². The monoisotopic (exact) mass is 359 g/mol. The van der Waals surface area contributed by atoms with E-state index in [0.717, 1.165) is 19.3 Å². The number of hydrogen-bond acceptors (Lipinski definition) is 3. The van der Waals surface area contributed by atoms with E-state index in [4.69, 9.17) is 8.85 Å². The van der Waals surface area contributed by atoms with E-state index in [1.807, 2.05) is 0 Å². The van der Waals surface area contributed by atoms with Crippen molar-refractivity contribution in [1.82, 2.24) is 4.90 Å². The molecule has 0 aromatic heterocycles. The highest BCUT2D eigenvalue weighted by molar-refractivity contribution is 6.44. The second-order valence-corrected chi connectivity index (χ2v) is 9.07. The molecule has 3 nitrogen and oxygen atoms in total. The van der Waals surface area contributed by atoms with Gasteiger partial charge in [0.1, 0.15) is 0 Å². The molecule has 0 fully saturated rings. The van der Waals surface area contributed by atoms with Crippen LogP contribution in [0, 0.1) is 0 Å². The van der Waals surface area contributed by atoms with Gasteiger partial charge in [-0.3, -0.25) is 0 Å². The molecule has 0 radical (unpaired) electrons. The van der Waals surface area contributed by atoms with Gasteiger partial charge in [0, 0.05) is 13.2 Å². The molecule has 0 N–H and O–H groups in total. The van der Waals surface area contributed by atoms with Crippen LogP contribution in [0.15, 0.2) is 0 Å². The minimum absolute atomic E-state index is 0.797. The number of unbranched alkanes of at least 4 members (excludes halogenated alkanes) is 9. The van der Waals surface area contributed by atoms with E-state index < -0.39 is 9.28 Å². The number of hydrogen-bond donors (Lipinski definition) is 0. The fourth-order valence-electron chi connectivity index (χ4n) is 3.10. The summed E-state index contributed by atoms with van der Waals surface area (Å²) < 4.78 is 11.5. The third kappa shape index (κ3) is 16.9. The molecule has 0 aliphatic rings. The van der Waals surface area contributed by atoms with Crippen LogP contribution in [0.3, 0.4) is 0 Å². The highest BCUT2D eigenvalue weighted by Crippen LogP contribution is 2.11. The third-order valence-corrected chi connectivity index (χ3v) is 6.87. The summed E-state index contributed by atoms with van der Waals surface area (Å²) in [6.45, 7) is 10.4. The zero-order chi connectivity index (χ0) is 17.9. The Morgan fingerprint density at radius 3 is 1.58 bits per heavy atom. The second kappa shape index (κ2) is 19.4. The largest absolute Gasteiger partial charge is 0.397 e. The molecule has 0 spiro atoms. The Balaban J connectivity index is 3.35. The predicted molar refractivity (Wildman–Crippen MR) is 109 cm³/mol. The van der Waals surface area contributed by atoms with Gasteiger partial charge in [-0.25, -0.2) is 0 Å². The quantitative estimate of drug-likeness (QED) is 0.224. The molecule has 0 aromatic rings. The van der Waals surface area contributed by atoms with Gasteiger partial charge in [0.2, 0.25) is 0 Å². The van der Waals surface area contributed by atoms with Crippen molar-refractivity contribution >= 4 is 9.28 Å². The van der Waals surface area contributed by atoms with Crippen molar-refractivity contribution in [1.29, 1.82) is 0 Å². The van der Waals surface area contributed by atoms with E-state index in [1.165, 1.54) is 83.7 Å². The van der Waals surface area contributed by atoms with Crippen LogP contribution in [-0.2, 0) is 8.85 Å². The van der Waals surface area contributed by atoms with Crippen molar-refractivity contribution in [3.05, 3.63) is 0 Å². The molecule has 146 valence electrons. The molecular formula is C20H45NO2Si. The summed E-state index contributed by atoms with van der Waals surface area (Å²) in [5, 5.41) is 0. The molecule has 0 saturated heterocycles. The van der Waals surface area contributed by atoms with Gasteiger partial charge in [-0.2, -0.15) is 0 Å². The Morgan fingerprint density at radius 1 is 0.625 bits per heavy atom. The predicted octanol–water partition coefficient (Wildman–Crippen LogP) is 5.52. The van der Waals surface area contributed by atoms with Gasteiger partial charge in [0.05, 0.1) is 0 Å². The fraction of sp³-hybridized carbons (Fsp3) is 1.00. The Morgan fingerprint density at radius 2 is 1.08 bits per heavy atom. The highest BCUT2D eigenvalue weighted by atomic mass is 28.3. The summed E-state index contributed by atoms with van der Waals surface area (Å²) in [4.78, 5) is 2.48. The molecule has 24 heavy (non-hydrogen) atoms. The van der Waals surface area contributed by atoms with Crippen LogP contribution in [-0.4, -0.2) is 47.5 Å². The molecule has 0 saturated carbocycles. The van der Waals surface area contributed by atoms with Crippen molar-refractivity contribution in [3.63, 3.8) is 0 Å². The van der Waals surface area contributed by atoms with Crippen LogP contribution in [0.25, 0.3) is 0 Å². The molecule has 0 unspecified atom stereocenters. The van der Waals surface area contributed by atoms with Crippen molar-refractivity contribution < 1.29 is 8.85 Å². The van der Waals surface area contributed by atoms with E-state index >= 15 is 0 Å². The lowest BCUT2D eigenvalue weighted by molar-refractivity contribution is 0.210. The molecule has 0 aromatic carbocycles. The van der Waals surface area contributed by atoms with Crippen molar-refractivity contribution in [2.24, 2.45) is 0 Å². The standard InChI is InChI=1S/C20H45NO2Si/c1-5-8-9-10-11-12-13-14-15-16-18-21(4)19-17-20-24(22-6-2)23-7-3/h24H,5-20H2,1-4H3. The van der Waals surface area contributed by atoms with E-state index in [-0.39, 0.29) is 0 Å². The van der Waals surface area contributed by atoms with Gasteiger partial charge in [0.25, 0.3) is 0 Å². The van der Waals surface area contributed by atoms with Gasteiger partial charge in [0.15, 0.2) is 0 Å². The molecule has 0 atom stereocenters. The van der Waals surface area contributed by atoms with Gasteiger partial charge in [-0.15, -0.1) is 0 Å². The first-order valence-corrected chi connectivity index (χ1v) is 12.4. The molecular weight excluding hydrogens is 314 g/mol. The first-order chi connectivity index (χ1) is 11.7. The van der Waals surface area contributed by atoms with Crippen LogP contribution in [0.4, 0.5) is 0 Å². The smallest absolute Gasteiger partial charge is 0.321 e. The maximum atomic E-state index is 5.73. The summed E-state index contributed by atoms with van der Waals surface area (Å²) in [5.74, 6) is 0. The van der Waals surface area contributed by atoms with E-state index in [1.54, 1.807) is 0 Å². The Hall–Kier alpha value is 0.0969. The molecule has 0 rings (SSSR count). The summed E-state index contributed by atoms with van der Waals surface area (Å²) in [6.07, 6.45) is 15.4. The SMILES string of the molecule is CCCCCCCCCCCCN(C)CCC[SiH](OCC)OCC. The summed E-state index contributed by atoms with van der Waals surface area (Å²) in [5.41, 5.74) is 0. The lowest BCUT2D eigenvalue weighted by Gasteiger charge is -2.19. The van der Waals surface area contributed by atoms with E-state index in [9.17, 15) is 0 Å². The van der Waals surface area contributed by atoms with E-state index in [2.05, 4.69) is 32.7 Å². The summed E-state index contributed by atoms with van der Waals surface area (Å²) >= 11 is 0. The highest BCUT2D eigenvalue weighted by Gasteiger charge is 2.11. The van der Waals surface area contributed by atoms with Gasteiger partial charge >= 0.3 is 9.28 Å². The number of rotatable bonds is 19. The first-order valence-electron chi connectivity index (χ1n) is 10.7. The second-order valence-electron chi connectivity index (χ2n) is 6.97. The van der Waals surface area contributed by atoms with Gasteiger partial charge in [-0.1, -0.05) is 64.7 Å². The first kappa shape index (κ1) is 24.1. The lowest BCUT2D eigenvalue weighted by Crippen LogP contribution is -2.26. The molecule has 0 heterocycles. The summed E-state index contributed by atoms with van der Waals surface area (Å²) in [7, 11) is 0.879. The lowest BCUT2D eigenvalue weighted by atomic mass is 10.1. The minimum Gasteiger partial charge on any atom is -0.397 e. The van der Waals surface area contributed by atoms with Crippen LogP contribution in [0.5, 0.6) is 0 Å². The zero-order valence-corrected chi connectivity index (χ0v) is 18.3. The Bertz CT molecular complexity index is 236. The average molecular weight is 360 g/mol. The maximum Gasteiger partial charge on any atom is 0.321 e. The zero-order valence-electron chi connectivity index (χ0n) is 17.2. The van der Waals surface area contributed by atoms with Gasteiger partial charge in [-0.05, 0) is 52.9 Å².